The van der Waals surface area contributed by atoms with Crippen LogP contribution >= 0.6 is 0 Å². The molecule has 0 saturated carbocycles. The van der Waals surface area contributed by atoms with Gasteiger partial charge in [-0.05, 0) is 154 Å². The van der Waals surface area contributed by atoms with Gasteiger partial charge < -0.3 is 46.7 Å². The molecule has 5 aliphatic rings. The van der Waals surface area contributed by atoms with E-state index in [0.717, 1.165) is 37.3 Å². The number of nitrogens with one attached hydrogen (secondary N) is 2. The molecule has 0 aromatic heterocycles. The van der Waals surface area contributed by atoms with Crippen molar-refractivity contribution in [3.05, 3.63) is 159 Å². The van der Waals surface area contributed by atoms with Crippen molar-refractivity contribution in [2.45, 2.75) is 112 Å². The first kappa shape index (κ1) is 71.5. The number of carbonyl (C=O) groups is 4. The fourth-order valence-electron chi connectivity index (χ4n) is 12.6. The lowest BCUT2D eigenvalue weighted by atomic mass is 9.82. The molecule has 10 rings (SSSR count). The summed E-state index contributed by atoms with van der Waals surface area (Å²) >= 11 is 0. The number of amides is 4. The average molecular weight is 1350 g/mol. The van der Waals surface area contributed by atoms with E-state index >= 15 is 0 Å². The molecule has 1 unspecified atom stereocenters. The number of ether oxygens (including phenoxy) is 2. The lowest BCUT2D eigenvalue weighted by molar-refractivity contribution is -0.132. The number of carbonyl (C=O) groups excluding carboxylic acids is 4. The number of likely N-dealkylation sites (tertiary alicyclic amines) is 2. The summed E-state index contributed by atoms with van der Waals surface area (Å²) in [5.41, 5.74) is 19.6. The molecule has 0 spiro atoms. The van der Waals surface area contributed by atoms with E-state index in [1.54, 1.807) is 29.2 Å². The third-order valence-corrected chi connectivity index (χ3v) is 19.9. The minimum atomic E-state index is -3.83. The Morgan fingerprint density at radius 2 is 0.968 bits per heavy atom. The van der Waals surface area contributed by atoms with Gasteiger partial charge in [0.1, 0.15) is 36.4 Å². The van der Waals surface area contributed by atoms with Crippen LogP contribution in [0.1, 0.15) is 95.2 Å². The first-order chi connectivity index (χ1) is 44.0. The van der Waals surface area contributed by atoms with Gasteiger partial charge in [-0.3, -0.25) is 19.2 Å². The Bertz CT molecular complexity index is 3750. The Hall–Kier alpha value is -7.31. The molecule has 506 valence electrons. The van der Waals surface area contributed by atoms with Crippen LogP contribution in [0.3, 0.4) is 0 Å². The summed E-state index contributed by atoms with van der Waals surface area (Å²) in [6.07, 6.45) is 6.50. The van der Waals surface area contributed by atoms with E-state index < -0.39 is 102 Å². The van der Waals surface area contributed by atoms with Crippen LogP contribution in [0.25, 0.3) is 0 Å². The molecule has 5 heterocycles. The van der Waals surface area contributed by atoms with Gasteiger partial charge in [-0.1, -0.05) is 6.07 Å². The van der Waals surface area contributed by atoms with E-state index in [4.69, 9.17) is 26.7 Å². The predicted octanol–water partition coefficient (Wildman–Crippen LogP) is 7.03. The molecule has 4 fully saturated rings. The van der Waals surface area contributed by atoms with E-state index in [1.807, 2.05) is 4.90 Å². The molecular weight excluding hydrogens is 1280 g/mol. The molecule has 8 N–H and O–H groups in total. The second-order valence-corrected chi connectivity index (χ2v) is 28.0. The highest BCUT2D eigenvalue weighted by molar-refractivity contribution is 7.91. The van der Waals surface area contributed by atoms with E-state index in [1.165, 1.54) is 30.1 Å². The molecular formula is C64H75F9N8O10S2. The monoisotopic (exact) mass is 1350 g/mol. The number of hydrogen-bond acceptors (Lipinski definition) is 13. The number of piperidine rings is 3. The van der Waals surface area contributed by atoms with Crippen LogP contribution in [0.15, 0.2) is 83.8 Å². The Morgan fingerprint density at radius 1 is 0.538 bits per heavy atom. The standard InChI is InChI=1S/C24H28F3N3O5S.C24H26F3N3O2.C16H21F3N2O3S/c25-18-14-20(27)19(26)11-16(18)12-21(28)15-4-7-30(8-5-15)24(31)3-6-29-36(32,33)17-1-2-22-23(13-17)35-10-9-34-22;1-29-23(31)13-3-2-4-14(7-13)24(32)30-17-5-6-18(30)9-16(8-17)22(28)11-15-10-20(26)21(27)12-19(15)25;1-25(23,24)9-16(22)21-4-2-10(3-5-21)15(20)7-11-6-13(18)14(19)8-12(11)17/h1-2,11,13-15,21,29H,3-10,12,28H2;2-4,7,10,12,16-18,22H,5-6,8-9,11,28H2,1H3,(H,29,31);6,8,10,15H,2-5,7,9,20H2,1H3/t21-;16?,17-,18+,22-;15-/m111/s1. The Kier molecular flexibility index (Phi) is 24.1. The minimum absolute atomic E-state index is 0.00996. The van der Waals surface area contributed by atoms with Gasteiger partial charge in [0.25, 0.3) is 11.8 Å². The second-order valence-electron chi connectivity index (χ2n) is 24.1. The summed E-state index contributed by atoms with van der Waals surface area (Å²) in [5, 5.41) is 2.56. The smallest absolute Gasteiger partial charge is 0.254 e. The molecule has 29 heteroatoms. The first-order valence-electron chi connectivity index (χ1n) is 30.4. The van der Waals surface area contributed by atoms with Gasteiger partial charge in [-0.15, -0.1) is 0 Å². The number of benzene rings is 5. The van der Waals surface area contributed by atoms with E-state index in [2.05, 4.69) is 10.0 Å². The van der Waals surface area contributed by atoms with E-state index in [9.17, 15) is 75.5 Å². The summed E-state index contributed by atoms with van der Waals surface area (Å²) in [6.45, 7) is 2.25. The van der Waals surface area contributed by atoms with Crippen LogP contribution in [0, 0.1) is 70.1 Å². The van der Waals surface area contributed by atoms with Gasteiger partial charge in [-0.25, -0.2) is 61.1 Å². The Morgan fingerprint density at radius 3 is 1.43 bits per heavy atom. The lowest BCUT2D eigenvalue weighted by Crippen LogP contribution is -2.50. The zero-order chi connectivity index (χ0) is 67.6. The molecule has 2 bridgehead atoms. The van der Waals surface area contributed by atoms with E-state index in [-0.39, 0.29) is 101 Å². The van der Waals surface area contributed by atoms with Gasteiger partial charge in [0.15, 0.2) is 56.2 Å². The summed E-state index contributed by atoms with van der Waals surface area (Å²) in [4.78, 5) is 54.7. The number of hydrogen-bond donors (Lipinski definition) is 5. The number of nitrogens with zero attached hydrogens (tertiary/aromatic N) is 3. The van der Waals surface area contributed by atoms with Crippen LogP contribution < -0.4 is 36.7 Å². The van der Waals surface area contributed by atoms with Crippen molar-refractivity contribution in [2.24, 2.45) is 35.0 Å². The van der Waals surface area contributed by atoms with Crippen molar-refractivity contribution in [3.8, 4) is 11.5 Å². The van der Waals surface area contributed by atoms with Crippen LogP contribution in [0.5, 0.6) is 11.5 Å². The summed E-state index contributed by atoms with van der Waals surface area (Å²) in [6, 6.07) is 13.7. The summed E-state index contributed by atoms with van der Waals surface area (Å²) in [7, 11) is -5.67. The van der Waals surface area contributed by atoms with Gasteiger partial charge in [-0.2, -0.15) is 0 Å². The average Bonchev–Trinajstić information content (AvgIpc) is 1.72. The number of halogens is 9. The molecule has 0 radical (unpaired) electrons. The zero-order valence-electron chi connectivity index (χ0n) is 51.1. The zero-order valence-corrected chi connectivity index (χ0v) is 52.8. The predicted molar refractivity (Wildman–Crippen MR) is 325 cm³/mol. The minimum Gasteiger partial charge on any atom is -0.486 e. The molecule has 93 heavy (non-hydrogen) atoms. The fraction of sp³-hybridized carbons (Fsp3) is 0.469. The SMILES string of the molecule is CNC(=O)c1cccc(C(=O)N2[C@@H]3CC[C@H]2CC([C@H](N)Cc2cc(F)c(F)cc2F)C3)c1.CS(=O)(=O)CC(=O)N1CCC([C@H](N)Cc2cc(F)c(F)cc2F)CC1.N[C@H](Cc1cc(F)c(F)cc1F)C1CCN(C(=O)CCNS(=O)(=O)c2ccc3c(c2)OCCO3)CC1. The quantitative estimate of drug-likeness (QED) is 0.0437. The highest BCUT2D eigenvalue weighted by Crippen LogP contribution is 2.41. The number of sulfonamides is 1. The number of sulfone groups is 1. The first-order valence-corrected chi connectivity index (χ1v) is 34.0. The number of nitrogens with two attached hydrogens (primary N) is 3. The number of rotatable bonds is 18. The van der Waals surface area contributed by atoms with Crippen molar-refractivity contribution in [3.63, 3.8) is 0 Å². The molecule has 5 aliphatic heterocycles. The normalized spacial score (nSPS) is 19.3. The van der Waals surface area contributed by atoms with Crippen molar-refractivity contribution in [1.29, 1.82) is 0 Å². The van der Waals surface area contributed by atoms with Gasteiger partial charge >= 0.3 is 0 Å². The van der Waals surface area contributed by atoms with Gasteiger partial charge in [0.2, 0.25) is 21.8 Å². The van der Waals surface area contributed by atoms with Crippen LogP contribution in [-0.2, 0) is 48.7 Å². The highest BCUT2D eigenvalue weighted by atomic mass is 32.2. The topological polar surface area (TPSA) is 267 Å². The fourth-order valence-corrected chi connectivity index (χ4v) is 14.3. The van der Waals surface area contributed by atoms with Crippen LogP contribution in [0.2, 0.25) is 0 Å². The molecule has 5 aromatic rings. The Balaban J connectivity index is 0.000000182. The molecule has 0 aliphatic carbocycles. The maximum atomic E-state index is 14.1. The third kappa shape index (κ3) is 18.8. The molecule has 6 atom stereocenters. The molecule has 18 nitrogen and oxygen atoms in total. The summed E-state index contributed by atoms with van der Waals surface area (Å²) < 4.78 is 182. The Labute approximate surface area is 533 Å². The second kappa shape index (κ2) is 31.3. The largest absolute Gasteiger partial charge is 0.486 e. The van der Waals surface area contributed by atoms with Crippen LogP contribution in [0.4, 0.5) is 39.5 Å². The molecule has 5 aromatic carbocycles. The molecule has 4 saturated heterocycles. The van der Waals surface area contributed by atoms with Crippen molar-refractivity contribution in [2.75, 3.05) is 65.0 Å². The maximum absolute atomic E-state index is 14.1. The van der Waals surface area contributed by atoms with E-state index in [0.29, 0.717) is 119 Å². The molecule has 4 amide bonds. The lowest BCUT2D eigenvalue weighted by Gasteiger charge is -2.41. The van der Waals surface area contributed by atoms with Crippen LogP contribution in [-0.4, -0.2) is 150 Å². The maximum Gasteiger partial charge on any atom is 0.254 e. The number of fused-ring (bicyclic) bond motifs is 3. The summed E-state index contributed by atoms with van der Waals surface area (Å²) in [5.74, 6) is -10.2. The van der Waals surface area contributed by atoms with Gasteiger partial charge in [0.05, 0.1) is 4.90 Å². The van der Waals surface area contributed by atoms with Crippen molar-refractivity contribution < 1.29 is 85.0 Å². The van der Waals surface area contributed by atoms with Crippen molar-refractivity contribution in [1.82, 2.24) is 24.7 Å². The van der Waals surface area contributed by atoms with Gasteiger partial charge in [0, 0.05) is 118 Å². The highest BCUT2D eigenvalue weighted by Gasteiger charge is 2.45. The van der Waals surface area contributed by atoms with Crippen molar-refractivity contribution >= 4 is 43.5 Å². The third-order valence-electron chi connectivity index (χ3n) is 17.7.